The van der Waals surface area contributed by atoms with Crippen LogP contribution in [0.15, 0.2) is 48.5 Å². The lowest BCUT2D eigenvalue weighted by Crippen LogP contribution is -2.52. The normalized spacial score (nSPS) is 15.8. The van der Waals surface area contributed by atoms with Crippen molar-refractivity contribution in [1.29, 1.82) is 0 Å². The number of rotatable bonds is 4. The van der Waals surface area contributed by atoms with E-state index in [1.807, 2.05) is 36.1 Å². The zero-order valence-electron chi connectivity index (χ0n) is 16.0. The van der Waals surface area contributed by atoms with Crippen LogP contribution in [-0.2, 0) is 9.53 Å². The van der Waals surface area contributed by atoms with Crippen molar-refractivity contribution >= 4 is 17.7 Å². The van der Waals surface area contributed by atoms with Gasteiger partial charge in [0.05, 0.1) is 7.11 Å². The second-order valence-electron chi connectivity index (χ2n) is 6.80. The molecule has 0 aliphatic carbocycles. The number of nitrogens with one attached hydrogen (secondary N) is 1. The van der Waals surface area contributed by atoms with E-state index in [-0.39, 0.29) is 11.8 Å². The quantitative estimate of drug-likeness (QED) is 0.821. The summed E-state index contributed by atoms with van der Waals surface area (Å²) < 4.78 is 18.2. The number of methoxy groups -OCH3 is 1. The van der Waals surface area contributed by atoms with Crippen molar-refractivity contribution in [2.24, 2.45) is 0 Å². The van der Waals surface area contributed by atoms with Gasteiger partial charge in [-0.25, -0.2) is 14.0 Å². The van der Waals surface area contributed by atoms with Gasteiger partial charge in [0.25, 0.3) is 0 Å². The number of piperazine rings is 1. The Kier molecular flexibility index (Phi) is 6.26. The number of carbonyl (C=O) groups is 2. The monoisotopic (exact) mass is 385 g/mol. The number of urea groups is 1. The van der Waals surface area contributed by atoms with Gasteiger partial charge < -0.3 is 15.0 Å². The Morgan fingerprint density at radius 1 is 1.07 bits per heavy atom. The Labute approximate surface area is 163 Å². The summed E-state index contributed by atoms with van der Waals surface area (Å²) in [5.74, 6) is -0.755. The van der Waals surface area contributed by atoms with Gasteiger partial charge in [-0.1, -0.05) is 24.3 Å². The van der Waals surface area contributed by atoms with Crippen molar-refractivity contribution in [1.82, 2.24) is 9.80 Å². The Morgan fingerprint density at radius 2 is 1.75 bits per heavy atom. The second-order valence-corrected chi connectivity index (χ2v) is 6.80. The number of esters is 1. The fourth-order valence-corrected chi connectivity index (χ4v) is 3.36. The number of ether oxygens (including phenoxy) is 1. The number of hydrogen-bond acceptors (Lipinski definition) is 4. The van der Waals surface area contributed by atoms with Crippen LogP contribution in [-0.4, -0.2) is 55.1 Å². The van der Waals surface area contributed by atoms with Gasteiger partial charge in [-0.2, -0.15) is 0 Å². The van der Waals surface area contributed by atoms with E-state index in [1.54, 1.807) is 17.0 Å². The third-order valence-electron chi connectivity index (χ3n) is 4.85. The lowest BCUT2D eigenvalue weighted by Gasteiger charge is -2.38. The van der Waals surface area contributed by atoms with Crippen LogP contribution in [0.5, 0.6) is 0 Å². The molecular formula is C21H24FN3O3. The zero-order valence-corrected chi connectivity index (χ0v) is 16.0. The first-order valence-electron chi connectivity index (χ1n) is 9.18. The Bertz CT molecular complexity index is 833. The molecule has 1 atom stereocenters. The highest BCUT2D eigenvalue weighted by atomic mass is 19.1. The molecule has 1 heterocycles. The van der Waals surface area contributed by atoms with E-state index in [4.69, 9.17) is 4.74 Å². The first kappa shape index (κ1) is 19.8. The first-order chi connectivity index (χ1) is 13.5. The molecule has 0 bridgehead atoms. The largest absolute Gasteiger partial charge is 0.468 e. The second kappa shape index (κ2) is 8.84. The summed E-state index contributed by atoms with van der Waals surface area (Å²) in [6, 6.07) is 12.7. The minimum Gasteiger partial charge on any atom is -0.468 e. The van der Waals surface area contributed by atoms with Crippen LogP contribution in [0.2, 0.25) is 0 Å². The molecule has 0 spiro atoms. The van der Waals surface area contributed by atoms with Gasteiger partial charge in [0.2, 0.25) is 0 Å². The number of amides is 2. The molecule has 1 saturated heterocycles. The molecule has 3 rings (SSSR count). The first-order valence-corrected chi connectivity index (χ1v) is 9.18. The van der Waals surface area contributed by atoms with Gasteiger partial charge >= 0.3 is 12.0 Å². The lowest BCUT2D eigenvalue weighted by atomic mass is 10.0. The topological polar surface area (TPSA) is 61.9 Å². The molecule has 0 unspecified atom stereocenters. The Balaban J connectivity index is 1.64. The molecule has 1 N–H and O–H groups in total. The highest BCUT2D eigenvalue weighted by molar-refractivity contribution is 5.89. The maximum atomic E-state index is 13.2. The molecule has 0 aromatic heterocycles. The summed E-state index contributed by atoms with van der Waals surface area (Å²) in [6.45, 7) is 3.95. The van der Waals surface area contributed by atoms with Gasteiger partial charge in [0.1, 0.15) is 11.9 Å². The molecule has 0 saturated carbocycles. The average molecular weight is 385 g/mol. The van der Waals surface area contributed by atoms with E-state index in [9.17, 15) is 14.0 Å². The summed E-state index contributed by atoms with van der Waals surface area (Å²) in [4.78, 5) is 28.5. The van der Waals surface area contributed by atoms with Crippen LogP contribution in [0.4, 0.5) is 14.9 Å². The SMILES string of the molecule is COC(=O)[C@@H](c1ccc(F)cc1)N1CCN(C(=O)Nc2cccc(C)c2)CC1. The Hall–Kier alpha value is -2.93. The number of aryl methyl sites for hydroxylation is 1. The van der Waals surface area contributed by atoms with Crippen molar-refractivity contribution in [3.63, 3.8) is 0 Å². The molecule has 7 heteroatoms. The fourth-order valence-electron chi connectivity index (χ4n) is 3.36. The fraction of sp³-hybridized carbons (Fsp3) is 0.333. The molecule has 28 heavy (non-hydrogen) atoms. The summed E-state index contributed by atoms with van der Waals surface area (Å²) >= 11 is 0. The van der Waals surface area contributed by atoms with Crippen LogP contribution in [0.3, 0.4) is 0 Å². The molecule has 0 radical (unpaired) electrons. The van der Waals surface area contributed by atoms with Crippen molar-refractivity contribution in [2.45, 2.75) is 13.0 Å². The summed E-state index contributed by atoms with van der Waals surface area (Å²) in [7, 11) is 1.34. The highest BCUT2D eigenvalue weighted by Gasteiger charge is 2.32. The van der Waals surface area contributed by atoms with Crippen molar-refractivity contribution in [3.05, 3.63) is 65.5 Å². The maximum absolute atomic E-state index is 13.2. The maximum Gasteiger partial charge on any atom is 0.327 e. The highest BCUT2D eigenvalue weighted by Crippen LogP contribution is 2.24. The molecule has 2 aromatic carbocycles. The van der Waals surface area contributed by atoms with Crippen LogP contribution < -0.4 is 5.32 Å². The van der Waals surface area contributed by atoms with Crippen LogP contribution >= 0.6 is 0 Å². The van der Waals surface area contributed by atoms with E-state index in [0.717, 1.165) is 11.3 Å². The van der Waals surface area contributed by atoms with Crippen molar-refractivity contribution in [3.8, 4) is 0 Å². The predicted octanol–water partition coefficient (Wildman–Crippen LogP) is 3.20. The molecule has 1 aliphatic rings. The minimum atomic E-state index is -0.618. The number of halogens is 1. The molecular weight excluding hydrogens is 361 g/mol. The number of nitrogens with zero attached hydrogens (tertiary/aromatic N) is 2. The summed E-state index contributed by atoms with van der Waals surface area (Å²) in [5, 5.41) is 2.90. The third kappa shape index (κ3) is 4.67. The van der Waals surface area contributed by atoms with Crippen LogP contribution in [0, 0.1) is 12.7 Å². The Morgan fingerprint density at radius 3 is 2.36 bits per heavy atom. The van der Waals surface area contributed by atoms with E-state index in [2.05, 4.69) is 5.32 Å². The standard InChI is InChI=1S/C21H24FN3O3/c1-15-4-3-5-18(14-15)23-21(27)25-12-10-24(11-13-25)19(20(26)28-2)16-6-8-17(22)9-7-16/h3-9,14,19H,10-13H2,1-2H3,(H,23,27)/t19-/m1/s1. The summed E-state index contributed by atoms with van der Waals surface area (Å²) in [6.07, 6.45) is 0. The van der Waals surface area contributed by atoms with Crippen LogP contribution in [0.25, 0.3) is 0 Å². The minimum absolute atomic E-state index is 0.165. The van der Waals surface area contributed by atoms with E-state index in [1.165, 1.54) is 19.2 Å². The zero-order chi connectivity index (χ0) is 20.1. The molecule has 1 fully saturated rings. The van der Waals surface area contributed by atoms with Gasteiger partial charge in [0, 0.05) is 31.9 Å². The number of anilines is 1. The molecule has 1 aliphatic heterocycles. The number of carbonyl (C=O) groups excluding carboxylic acids is 2. The summed E-state index contributed by atoms with van der Waals surface area (Å²) in [5.41, 5.74) is 2.50. The third-order valence-corrected chi connectivity index (χ3v) is 4.85. The van der Waals surface area contributed by atoms with Gasteiger partial charge in [-0.15, -0.1) is 0 Å². The lowest BCUT2D eigenvalue weighted by molar-refractivity contribution is -0.148. The van der Waals surface area contributed by atoms with Gasteiger partial charge in [-0.05, 0) is 42.3 Å². The van der Waals surface area contributed by atoms with E-state index >= 15 is 0 Å². The molecule has 6 nitrogen and oxygen atoms in total. The van der Waals surface area contributed by atoms with Crippen LogP contribution in [0.1, 0.15) is 17.2 Å². The van der Waals surface area contributed by atoms with Crippen molar-refractivity contribution < 1.29 is 18.7 Å². The van der Waals surface area contributed by atoms with E-state index < -0.39 is 12.0 Å². The number of benzene rings is 2. The average Bonchev–Trinajstić information content (AvgIpc) is 2.70. The smallest absolute Gasteiger partial charge is 0.327 e. The molecule has 2 aromatic rings. The number of hydrogen-bond donors (Lipinski definition) is 1. The van der Waals surface area contributed by atoms with Crippen molar-refractivity contribution in [2.75, 3.05) is 38.6 Å². The van der Waals surface area contributed by atoms with E-state index in [0.29, 0.717) is 31.7 Å². The van der Waals surface area contributed by atoms with Gasteiger partial charge in [0.15, 0.2) is 0 Å². The predicted molar refractivity (Wildman–Crippen MR) is 105 cm³/mol. The van der Waals surface area contributed by atoms with Gasteiger partial charge in [-0.3, -0.25) is 4.90 Å². The molecule has 148 valence electrons. The molecule has 2 amide bonds.